The number of carbonyl (C=O) groups excluding carboxylic acids is 1. The minimum absolute atomic E-state index is 0.0618. The molecule has 0 aliphatic carbocycles. The van der Waals surface area contributed by atoms with Crippen LogP contribution in [0.4, 0.5) is 5.69 Å². The van der Waals surface area contributed by atoms with Crippen LogP contribution in [-0.2, 0) is 0 Å². The summed E-state index contributed by atoms with van der Waals surface area (Å²) in [4.78, 5) is 15.8. The summed E-state index contributed by atoms with van der Waals surface area (Å²) < 4.78 is 5.20. The Morgan fingerprint density at radius 1 is 1.10 bits per heavy atom. The molecule has 0 fully saturated rings. The van der Waals surface area contributed by atoms with Gasteiger partial charge in [-0.05, 0) is 36.4 Å². The Morgan fingerprint density at radius 3 is 2.38 bits per heavy atom. The predicted octanol–water partition coefficient (Wildman–Crippen LogP) is 1.68. The smallest absolute Gasteiger partial charge is 0.343 e. The van der Waals surface area contributed by atoms with Gasteiger partial charge in [0.15, 0.2) is 5.96 Å². The van der Waals surface area contributed by atoms with Crippen molar-refractivity contribution in [2.24, 2.45) is 16.5 Å². The normalized spacial score (nSPS) is 9.48. The highest BCUT2D eigenvalue weighted by atomic mass is 16.5. The Hall–Kier alpha value is -3.33. The molecule has 6 nitrogen and oxygen atoms in total. The third-order valence-electron chi connectivity index (χ3n) is 2.57. The van der Waals surface area contributed by atoms with Crippen LogP contribution < -0.4 is 16.2 Å². The van der Waals surface area contributed by atoms with E-state index in [1.165, 1.54) is 0 Å². The first-order chi connectivity index (χ1) is 10.1. The summed E-state index contributed by atoms with van der Waals surface area (Å²) in [7, 11) is 0. The first-order valence-corrected chi connectivity index (χ1v) is 6.01. The van der Waals surface area contributed by atoms with E-state index in [2.05, 4.69) is 4.99 Å². The third-order valence-corrected chi connectivity index (χ3v) is 2.57. The summed E-state index contributed by atoms with van der Waals surface area (Å²) in [6.07, 6.45) is 0. The second-order valence-corrected chi connectivity index (χ2v) is 4.08. The van der Waals surface area contributed by atoms with Crippen LogP contribution in [0.3, 0.4) is 0 Å². The van der Waals surface area contributed by atoms with Gasteiger partial charge in [0, 0.05) is 0 Å². The van der Waals surface area contributed by atoms with Gasteiger partial charge in [-0.3, -0.25) is 0 Å². The van der Waals surface area contributed by atoms with Gasteiger partial charge in [0.1, 0.15) is 11.8 Å². The average Bonchev–Trinajstić information content (AvgIpc) is 2.48. The fraction of sp³-hybridized carbons (Fsp3) is 0. The van der Waals surface area contributed by atoms with E-state index in [4.69, 9.17) is 21.5 Å². The number of hydrogen-bond donors (Lipinski definition) is 2. The highest BCUT2D eigenvalue weighted by molar-refractivity contribution is 5.91. The predicted molar refractivity (Wildman–Crippen MR) is 78.0 cm³/mol. The van der Waals surface area contributed by atoms with E-state index in [0.29, 0.717) is 16.8 Å². The minimum atomic E-state index is -0.561. The van der Waals surface area contributed by atoms with Gasteiger partial charge < -0.3 is 16.2 Å². The van der Waals surface area contributed by atoms with E-state index in [0.717, 1.165) is 0 Å². The van der Waals surface area contributed by atoms with Crippen molar-refractivity contribution in [3.8, 4) is 11.8 Å². The van der Waals surface area contributed by atoms with Crippen molar-refractivity contribution in [3.63, 3.8) is 0 Å². The second kappa shape index (κ2) is 6.21. The molecular formula is C15H12N4O2. The lowest BCUT2D eigenvalue weighted by molar-refractivity contribution is 0.0734. The number of hydrogen-bond acceptors (Lipinski definition) is 4. The van der Waals surface area contributed by atoms with Crippen LogP contribution in [-0.4, -0.2) is 11.9 Å². The molecule has 0 saturated heterocycles. The molecule has 0 radical (unpaired) electrons. The third kappa shape index (κ3) is 3.58. The molecule has 2 aromatic carbocycles. The standard InChI is InChI=1S/C15H12N4O2/c16-9-11-3-1-2-4-13(11)21-14(20)10-5-7-12(8-6-10)19-15(17)18/h1-8H,(H4,17,18,19). The van der Waals surface area contributed by atoms with Gasteiger partial charge in [0.25, 0.3) is 0 Å². The Labute approximate surface area is 121 Å². The van der Waals surface area contributed by atoms with Crippen molar-refractivity contribution in [3.05, 3.63) is 59.7 Å². The first-order valence-electron chi connectivity index (χ1n) is 6.01. The summed E-state index contributed by atoms with van der Waals surface area (Å²) in [6.45, 7) is 0. The Balaban J connectivity index is 2.17. The van der Waals surface area contributed by atoms with Gasteiger partial charge >= 0.3 is 5.97 Å². The molecule has 0 heterocycles. The molecule has 0 unspecified atom stereocenters. The Bertz CT molecular complexity index is 726. The maximum atomic E-state index is 12.0. The van der Waals surface area contributed by atoms with Crippen LogP contribution in [0.15, 0.2) is 53.5 Å². The van der Waals surface area contributed by atoms with E-state index < -0.39 is 5.97 Å². The zero-order valence-electron chi connectivity index (χ0n) is 11.0. The largest absolute Gasteiger partial charge is 0.422 e. The number of carbonyl (C=O) groups is 1. The highest BCUT2D eigenvalue weighted by Crippen LogP contribution is 2.19. The Kier molecular flexibility index (Phi) is 4.17. The zero-order valence-corrected chi connectivity index (χ0v) is 11.0. The number of rotatable bonds is 3. The number of nitrogens with two attached hydrogens (primary N) is 2. The van der Waals surface area contributed by atoms with Gasteiger partial charge in [-0.1, -0.05) is 12.1 Å². The molecule has 0 aliphatic heterocycles. The van der Waals surface area contributed by atoms with Gasteiger partial charge in [-0.25, -0.2) is 9.79 Å². The number of esters is 1. The Morgan fingerprint density at radius 2 is 1.76 bits per heavy atom. The molecule has 0 bridgehead atoms. The fourth-order valence-electron chi connectivity index (χ4n) is 1.63. The van der Waals surface area contributed by atoms with Crippen LogP contribution in [0, 0.1) is 11.3 Å². The number of para-hydroxylation sites is 1. The van der Waals surface area contributed by atoms with E-state index in [1.807, 2.05) is 6.07 Å². The number of nitriles is 1. The molecule has 0 saturated carbocycles. The summed E-state index contributed by atoms with van der Waals surface area (Å²) in [5.41, 5.74) is 11.7. The molecule has 0 aliphatic rings. The summed E-state index contributed by atoms with van der Waals surface area (Å²) >= 11 is 0. The van der Waals surface area contributed by atoms with Crippen LogP contribution in [0.1, 0.15) is 15.9 Å². The monoisotopic (exact) mass is 280 g/mol. The molecule has 2 rings (SSSR count). The number of benzene rings is 2. The average molecular weight is 280 g/mol. The lowest BCUT2D eigenvalue weighted by Gasteiger charge is -2.05. The maximum absolute atomic E-state index is 12.0. The van der Waals surface area contributed by atoms with E-state index in [1.54, 1.807) is 48.5 Å². The summed E-state index contributed by atoms with van der Waals surface area (Å²) in [6, 6.07) is 14.7. The molecule has 21 heavy (non-hydrogen) atoms. The van der Waals surface area contributed by atoms with Crippen molar-refractivity contribution in [1.82, 2.24) is 0 Å². The highest BCUT2D eigenvalue weighted by Gasteiger charge is 2.11. The molecule has 0 amide bonds. The van der Waals surface area contributed by atoms with Gasteiger partial charge in [-0.2, -0.15) is 5.26 Å². The van der Waals surface area contributed by atoms with Gasteiger partial charge in [0.2, 0.25) is 0 Å². The topological polar surface area (TPSA) is 114 Å². The van der Waals surface area contributed by atoms with Gasteiger partial charge in [0.05, 0.1) is 16.8 Å². The molecular weight excluding hydrogens is 268 g/mol. The minimum Gasteiger partial charge on any atom is -0.422 e. The van der Waals surface area contributed by atoms with Crippen LogP contribution in [0.2, 0.25) is 0 Å². The molecule has 0 spiro atoms. The maximum Gasteiger partial charge on any atom is 0.343 e. The van der Waals surface area contributed by atoms with Crippen molar-refractivity contribution in [2.45, 2.75) is 0 Å². The quantitative estimate of drug-likeness (QED) is 0.384. The number of ether oxygens (including phenoxy) is 1. The lowest BCUT2D eigenvalue weighted by Crippen LogP contribution is -2.21. The first kappa shape index (κ1) is 14.1. The van der Waals surface area contributed by atoms with Crippen LogP contribution >= 0.6 is 0 Å². The van der Waals surface area contributed by atoms with Crippen LogP contribution in [0.25, 0.3) is 0 Å². The molecule has 104 valence electrons. The van der Waals surface area contributed by atoms with Crippen molar-refractivity contribution >= 4 is 17.6 Å². The summed E-state index contributed by atoms with van der Waals surface area (Å²) in [5.74, 6) is -0.402. The van der Waals surface area contributed by atoms with Crippen molar-refractivity contribution < 1.29 is 9.53 Å². The number of nitrogens with zero attached hydrogens (tertiary/aromatic N) is 2. The molecule has 0 atom stereocenters. The van der Waals surface area contributed by atoms with E-state index >= 15 is 0 Å². The van der Waals surface area contributed by atoms with E-state index in [-0.39, 0.29) is 11.7 Å². The summed E-state index contributed by atoms with van der Waals surface area (Å²) in [5, 5.41) is 8.94. The molecule has 0 aromatic heterocycles. The zero-order chi connectivity index (χ0) is 15.2. The van der Waals surface area contributed by atoms with E-state index in [9.17, 15) is 4.79 Å². The molecule has 2 aromatic rings. The van der Waals surface area contributed by atoms with Crippen molar-refractivity contribution in [1.29, 1.82) is 5.26 Å². The molecule has 4 N–H and O–H groups in total. The second-order valence-electron chi connectivity index (χ2n) is 4.08. The molecule has 6 heteroatoms. The van der Waals surface area contributed by atoms with Crippen LogP contribution in [0.5, 0.6) is 5.75 Å². The number of guanidine groups is 1. The van der Waals surface area contributed by atoms with Gasteiger partial charge in [-0.15, -0.1) is 0 Å². The SMILES string of the molecule is N#Cc1ccccc1OC(=O)c1ccc(N=C(N)N)cc1. The fourth-order valence-corrected chi connectivity index (χ4v) is 1.63. The lowest BCUT2D eigenvalue weighted by atomic mass is 10.2. The van der Waals surface area contributed by atoms with Crippen molar-refractivity contribution in [2.75, 3.05) is 0 Å². The number of aliphatic imine (C=N–C) groups is 1.